The molecule has 0 aliphatic carbocycles. The maximum atomic E-state index is 10.7. The van der Waals surface area contributed by atoms with Crippen molar-refractivity contribution < 1.29 is 14.3 Å². The Bertz CT molecular complexity index is 299. The van der Waals surface area contributed by atoms with Crippen molar-refractivity contribution >= 4 is 11.7 Å². The van der Waals surface area contributed by atoms with E-state index >= 15 is 0 Å². The van der Waals surface area contributed by atoms with Crippen LogP contribution < -0.4 is 10.5 Å². The molecule has 2 N–H and O–H groups in total. The quantitative estimate of drug-likeness (QED) is 0.554. The summed E-state index contributed by atoms with van der Waals surface area (Å²) in [6, 6.07) is 6.97. The van der Waals surface area contributed by atoms with Gasteiger partial charge < -0.3 is 15.2 Å². The Balaban J connectivity index is 2.54. The number of esters is 1. The molecule has 4 nitrogen and oxygen atoms in total. The number of carbonyl (C=O) groups excluding carboxylic acids is 1. The van der Waals surface area contributed by atoms with E-state index in [1.54, 1.807) is 24.3 Å². The number of carbonyl (C=O) groups is 1. The topological polar surface area (TPSA) is 61.5 Å². The highest BCUT2D eigenvalue weighted by Crippen LogP contribution is 2.19. The molecule has 0 spiro atoms. The number of rotatable bonds is 3. The van der Waals surface area contributed by atoms with E-state index < -0.39 is 5.97 Å². The fourth-order valence-electron chi connectivity index (χ4n) is 0.808. The largest absolute Gasteiger partial charge is 0.480 e. The van der Waals surface area contributed by atoms with Crippen LogP contribution in [0.15, 0.2) is 24.3 Å². The van der Waals surface area contributed by atoms with Crippen molar-refractivity contribution in [1.29, 1.82) is 0 Å². The number of methoxy groups -OCH3 is 1. The average molecular weight is 181 g/mol. The van der Waals surface area contributed by atoms with Gasteiger partial charge in [-0.3, -0.25) is 0 Å². The summed E-state index contributed by atoms with van der Waals surface area (Å²) >= 11 is 0. The van der Waals surface area contributed by atoms with Crippen molar-refractivity contribution in [3.63, 3.8) is 0 Å². The van der Waals surface area contributed by atoms with Crippen LogP contribution in [0.25, 0.3) is 0 Å². The van der Waals surface area contributed by atoms with Crippen LogP contribution in [-0.4, -0.2) is 19.7 Å². The number of nitrogen functional groups attached to an aromatic ring is 1. The van der Waals surface area contributed by atoms with Crippen molar-refractivity contribution in [2.45, 2.75) is 0 Å². The molecule has 0 aliphatic rings. The van der Waals surface area contributed by atoms with Crippen molar-refractivity contribution in [3.8, 4) is 5.75 Å². The molecule has 1 rings (SSSR count). The maximum absolute atomic E-state index is 10.7. The van der Waals surface area contributed by atoms with Crippen LogP contribution in [0.5, 0.6) is 5.75 Å². The molecule has 0 unspecified atom stereocenters. The first-order valence-corrected chi connectivity index (χ1v) is 3.78. The molecule has 0 bridgehead atoms. The highest BCUT2D eigenvalue weighted by molar-refractivity contribution is 5.71. The van der Waals surface area contributed by atoms with Gasteiger partial charge in [-0.25, -0.2) is 4.79 Å². The van der Waals surface area contributed by atoms with Crippen LogP contribution in [0.1, 0.15) is 0 Å². The Morgan fingerprint density at radius 3 is 2.77 bits per heavy atom. The summed E-state index contributed by atoms with van der Waals surface area (Å²) in [7, 11) is 1.31. The molecule has 0 atom stereocenters. The van der Waals surface area contributed by atoms with E-state index in [1.165, 1.54) is 7.11 Å². The van der Waals surface area contributed by atoms with E-state index in [4.69, 9.17) is 10.5 Å². The normalized spacial score (nSPS) is 9.31. The molecule has 0 saturated heterocycles. The minimum atomic E-state index is -0.428. The van der Waals surface area contributed by atoms with E-state index in [9.17, 15) is 4.79 Å². The van der Waals surface area contributed by atoms with Crippen LogP contribution in [-0.2, 0) is 9.53 Å². The van der Waals surface area contributed by atoms with Crippen LogP contribution in [0.3, 0.4) is 0 Å². The number of nitrogens with two attached hydrogens (primary N) is 1. The lowest BCUT2D eigenvalue weighted by atomic mass is 10.3. The number of para-hydroxylation sites is 2. The maximum Gasteiger partial charge on any atom is 0.343 e. The fourth-order valence-corrected chi connectivity index (χ4v) is 0.808. The number of hydrogen-bond donors (Lipinski definition) is 1. The Morgan fingerprint density at radius 2 is 2.15 bits per heavy atom. The molecule has 0 amide bonds. The third-order valence-corrected chi connectivity index (χ3v) is 1.49. The van der Waals surface area contributed by atoms with Crippen LogP contribution in [0, 0.1) is 0 Å². The van der Waals surface area contributed by atoms with Gasteiger partial charge in [-0.2, -0.15) is 0 Å². The van der Waals surface area contributed by atoms with E-state index in [0.29, 0.717) is 11.4 Å². The van der Waals surface area contributed by atoms with Crippen LogP contribution in [0.4, 0.5) is 5.69 Å². The monoisotopic (exact) mass is 181 g/mol. The number of benzene rings is 1. The van der Waals surface area contributed by atoms with Gasteiger partial charge in [-0.05, 0) is 12.1 Å². The number of anilines is 1. The van der Waals surface area contributed by atoms with Crippen molar-refractivity contribution in [3.05, 3.63) is 24.3 Å². The smallest absolute Gasteiger partial charge is 0.343 e. The lowest BCUT2D eigenvalue weighted by molar-refractivity contribution is -0.142. The minimum Gasteiger partial charge on any atom is -0.480 e. The Labute approximate surface area is 76.3 Å². The predicted molar refractivity (Wildman–Crippen MR) is 48.4 cm³/mol. The summed E-state index contributed by atoms with van der Waals surface area (Å²) < 4.78 is 9.50. The van der Waals surface area contributed by atoms with Gasteiger partial charge in [0.05, 0.1) is 12.8 Å². The van der Waals surface area contributed by atoms with E-state index in [-0.39, 0.29) is 6.61 Å². The zero-order valence-corrected chi connectivity index (χ0v) is 7.32. The molecule has 0 radical (unpaired) electrons. The zero-order valence-electron chi connectivity index (χ0n) is 7.32. The second-order valence-electron chi connectivity index (χ2n) is 2.40. The van der Waals surface area contributed by atoms with Crippen molar-refractivity contribution in [2.24, 2.45) is 0 Å². The summed E-state index contributed by atoms with van der Waals surface area (Å²) in [5.41, 5.74) is 6.08. The summed E-state index contributed by atoms with van der Waals surface area (Å²) in [5, 5.41) is 0. The Kier molecular flexibility index (Phi) is 3.14. The standard InChI is InChI=1S/C9H11NO3/c1-12-9(11)6-13-8-5-3-2-4-7(8)10/h2-5H,6,10H2,1H3. The fraction of sp³-hybridized carbons (Fsp3) is 0.222. The Hall–Kier alpha value is -1.71. The number of ether oxygens (including phenoxy) is 2. The second-order valence-corrected chi connectivity index (χ2v) is 2.40. The summed E-state index contributed by atoms with van der Waals surface area (Å²) in [6.45, 7) is -0.120. The molecule has 70 valence electrons. The lowest BCUT2D eigenvalue weighted by Crippen LogP contribution is -2.13. The molecule has 0 heterocycles. The summed E-state index contributed by atoms with van der Waals surface area (Å²) in [6.07, 6.45) is 0. The highest BCUT2D eigenvalue weighted by atomic mass is 16.6. The van der Waals surface area contributed by atoms with Gasteiger partial charge >= 0.3 is 5.97 Å². The molecule has 0 saturated carbocycles. The summed E-state index contributed by atoms with van der Waals surface area (Å²) in [5.74, 6) is 0.0659. The number of hydrogen-bond acceptors (Lipinski definition) is 4. The second kappa shape index (κ2) is 4.35. The molecular formula is C9H11NO3. The molecule has 0 aromatic heterocycles. The van der Waals surface area contributed by atoms with Gasteiger partial charge in [0.2, 0.25) is 0 Å². The zero-order chi connectivity index (χ0) is 9.68. The van der Waals surface area contributed by atoms with E-state index in [2.05, 4.69) is 4.74 Å². The van der Waals surface area contributed by atoms with Crippen LogP contribution in [0.2, 0.25) is 0 Å². The average Bonchev–Trinajstić information content (AvgIpc) is 2.16. The third kappa shape index (κ3) is 2.66. The molecule has 1 aromatic carbocycles. The van der Waals surface area contributed by atoms with Crippen molar-refractivity contribution in [1.82, 2.24) is 0 Å². The minimum absolute atomic E-state index is 0.120. The highest BCUT2D eigenvalue weighted by Gasteiger charge is 2.03. The van der Waals surface area contributed by atoms with Gasteiger partial charge in [-0.1, -0.05) is 12.1 Å². The van der Waals surface area contributed by atoms with Gasteiger partial charge in [0.25, 0.3) is 0 Å². The lowest BCUT2D eigenvalue weighted by Gasteiger charge is -2.06. The van der Waals surface area contributed by atoms with Gasteiger partial charge in [0.1, 0.15) is 5.75 Å². The van der Waals surface area contributed by atoms with Gasteiger partial charge in [-0.15, -0.1) is 0 Å². The van der Waals surface area contributed by atoms with E-state index in [0.717, 1.165) is 0 Å². The molecule has 4 heteroatoms. The van der Waals surface area contributed by atoms with E-state index in [1.807, 2.05) is 0 Å². The molecule has 0 aliphatic heterocycles. The molecule has 13 heavy (non-hydrogen) atoms. The molecule has 1 aromatic rings. The first-order valence-electron chi connectivity index (χ1n) is 3.78. The first-order chi connectivity index (χ1) is 6.24. The predicted octanol–water partition coefficient (Wildman–Crippen LogP) is 0.821. The third-order valence-electron chi connectivity index (χ3n) is 1.49. The van der Waals surface area contributed by atoms with Gasteiger partial charge in [0.15, 0.2) is 6.61 Å². The molecule has 0 fully saturated rings. The first kappa shape index (κ1) is 9.38. The summed E-state index contributed by atoms with van der Waals surface area (Å²) in [4.78, 5) is 10.7. The SMILES string of the molecule is COC(=O)COc1ccccc1N. The van der Waals surface area contributed by atoms with Crippen LogP contribution >= 0.6 is 0 Å². The van der Waals surface area contributed by atoms with Crippen molar-refractivity contribution in [2.75, 3.05) is 19.5 Å². The Morgan fingerprint density at radius 1 is 1.46 bits per heavy atom. The molecular weight excluding hydrogens is 170 g/mol. The van der Waals surface area contributed by atoms with Gasteiger partial charge in [0, 0.05) is 0 Å².